The molecule has 0 aliphatic carbocycles. The van der Waals surface area contributed by atoms with Crippen LogP contribution >= 0.6 is 11.6 Å². The number of nitrogens with one attached hydrogen (secondary N) is 1. The van der Waals surface area contributed by atoms with Crippen LogP contribution in [0.3, 0.4) is 0 Å². The minimum atomic E-state index is 0.212. The number of aryl methyl sites for hydroxylation is 1. The van der Waals surface area contributed by atoms with Crippen molar-refractivity contribution >= 4 is 28.2 Å². The van der Waals surface area contributed by atoms with Gasteiger partial charge in [0.25, 0.3) is 0 Å². The number of halogens is 1. The summed E-state index contributed by atoms with van der Waals surface area (Å²) in [5, 5.41) is 5.30. The molecule has 0 spiro atoms. The number of methoxy groups -OCH3 is 1. The number of rotatable bonds is 5. The lowest BCUT2D eigenvalue weighted by molar-refractivity contribution is 0.171. The quantitative estimate of drug-likeness (QED) is 0.893. The lowest BCUT2D eigenvalue weighted by Crippen LogP contribution is -2.30. The number of aromatic nitrogens is 1. The van der Waals surface area contributed by atoms with Gasteiger partial charge in [-0.15, -0.1) is 0 Å². The summed E-state index contributed by atoms with van der Waals surface area (Å²) >= 11 is 6.43. The number of nitrogens with zero attached hydrogens (tertiary/aromatic N) is 1. The Balaban J connectivity index is 2.48. The molecule has 108 valence electrons. The third-order valence-corrected chi connectivity index (χ3v) is 3.81. The highest BCUT2D eigenvalue weighted by Gasteiger charge is 2.17. The molecule has 1 aromatic heterocycles. The maximum absolute atomic E-state index is 6.43. The molecule has 0 amide bonds. The van der Waals surface area contributed by atoms with Crippen LogP contribution in [0, 0.1) is 12.8 Å². The van der Waals surface area contributed by atoms with Crippen molar-refractivity contribution in [1.29, 1.82) is 0 Å². The van der Waals surface area contributed by atoms with Crippen LogP contribution < -0.4 is 5.32 Å². The Hall–Kier alpha value is -1.32. The molecule has 20 heavy (non-hydrogen) atoms. The second-order valence-corrected chi connectivity index (χ2v) is 5.81. The summed E-state index contributed by atoms with van der Waals surface area (Å²) in [7, 11) is 1.72. The number of ether oxygens (including phenoxy) is 1. The van der Waals surface area contributed by atoms with E-state index in [2.05, 4.69) is 24.1 Å². The number of anilines is 1. The molecule has 1 aromatic carbocycles. The zero-order valence-corrected chi connectivity index (χ0v) is 13.2. The molecule has 0 bridgehead atoms. The molecule has 0 radical (unpaired) electrons. The first-order chi connectivity index (χ1) is 9.54. The molecule has 1 unspecified atom stereocenters. The summed E-state index contributed by atoms with van der Waals surface area (Å²) in [4.78, 5) is 4.45. The van der Waals surface area contributed by atoms with E-state index in [0.29, 0.717) is 12.5 Å². The van der Waals surface area contributed by atoms with Crippen molar-refractivity contribution in [2.75, 3.05) is 19.0 Å². The molecule has 3 nitrogen and oxygen atoms in total. The Bertz CT molecular complexity index is 598. The van der Waals surface area contributed by atoms with Crippen molar-refractivity contribution in [3.05, 3.63) is 35.0 Å². The first-order valence-electron chi connectivity index (χ1n) is 6.84. The summed E-state index contributed by atoms with van der Waals surface area (Å²) < 4.78 is 5.29. The van der Waals surface area contributed by atoms with Gasteiger partial charge in [0.1, 0.15) is 0 Å². The van der Waals surface area contributed by atoms with Gasteiger partial charge in [-0.25, -0.2) is 0 Å². The van der Waals surface area contributed by atoms with E-state index in [4.69, 9.17) is 16.3 Å². The van der Waals surface area contributed by atoms with E-state index in [-0.39, 0.29) is 6.04 Å². The van der Waals surface area contributed by atoms with Crippen molar-refractivity contribution in [2.24, 2.45) is 5.92 Å². The first kappa shape index (κ1) is 15.1. The Morgan fingerprint density at radius 1 is 1.40 bits per heavy atom. The maximum atomic E-state index is 6.43. The van der Waals surface area contributed by atoms with E-state index < -0.39 is 0 Å². The van der Waals surface area contributed by atoms with Gasteiger partial charge in [0.2, 0.25) is 0 Å². The lowest BCUT2D eigenvalue weighted by Gasteiger charge is -2.24. The SMILES string of the molecule is COCC(Nc1c(Cl)cc(C)c2ncccc12)C(C)C. The molecule has 4 heteroatoms. The van der Waals surface area contributed by atoms with E-state index in [1.165, 1.54) is 0 Å². The van der Waals surface area contributed by atoms with Crippen LogP contribution in [0.25, 0.3) is 10.9 Å². The van der Waals surface area contributed by atoms with E-state index in [0.717, 1.165) is 27.2 Å². The molecular formula is C16H21ClN2O. The van der Waals surface area contributed by atoms with Crippen LogP contribution in [0.2, 0.25) is 5.02 Å². The molecule has 2 aromatic rings. The topological polar surface area (TPSA) is 34.1 Å². The molecule has 0 aliphatic heterocycles. The molecule has 1 atom stereocenters. The normalized spacial score (nSPS) is 12.9. The van der Waals surface area contributed by atoms with Crippen LogP contribution in [0.15, 0.2) is 24.4 Å². The molecule has 1 heterocycles. The average Bonchev–Trinajstić information content (AvgIpc) is 2.42. The van der Waals surface area contributed by atoms with Crippen LogP contribution in [-0.4, -0.2) is 24.7 Å². The Morgan fingerprint density at radius 3 is 2.80 bits per heavy atom. The zero-order chi connectivity index (χ0) is 14.7. The van der Waals surface area contributed by atoms with E-state index in [1.807, 2.05) is 31.3 Å². The fraction of sp³-hybridized carbons (Fsp3) is 0.438. The Labute approximate surface area is 125 Å². The van der Waals surface area contributed by atoms with Gasteiger partial charge in [-0.1, -0.05) is 25.4 Å². The average molecular weight is 293 g/mol. The minimum absolute atomic E-state index is 0.212. The number of hydrogen-bond donors (Lipinski definition) is 1. The predicted molar refractivity (Wildman–Crippen MR) is 85.6 cm³/mol. The third kappa shape index (κ3) is 3.05. The molecule has 2 rings (SSSR count). The van der Waals surface area contributed by atoms with Crippen LogP contribution in [0.1, 0.15) is 19.4 Å². The summed E-state index contributed by atoms with van der Waals surface area (Å²) in [6, 6.07) is 6.16. The smallest absolute Gasteiger partial charge is 0.0752 e. The van der Waals surface area contributed by atoms with E-state index in [1.54, 1.807) is 7.11 Å². The molecule has 0 aliphatic rings. The molecular weight excluding hydrogens is 272 g/mol. The van der Waals surface area contributed by atoms with Crippen LogP contribution in [0.4, 0.5) is 5.69 Å². The fourth-order valence-electron chi connectivity index (χ4n) is 2.29. The highest BCUT2D eigenvalue weighted by Crippen LogP contribution is 2.33. The van der Waals surface area contributed by atoms with Gasteiger partial charge in [0.05, 0.1) is 28.9 Å². The standard InChI is InChI=1S/C16H21ClN2O/c1-10(2)14(9-20-4)19-16-12-6-5-7-18-15(12)11(3)8-13(16)17/h5-8,10,14,19H,9H2,1-4H3. The summed E-state index contributed by atoms with van der Waals surface area (Å²) in [5.74, 6) is 0.444. The Morgan fingerprint density at radius 2 is 2.15 bits per heavy atom. The van der Waals surface area contributed by atoms with Crippen molar-refractivity contribution < 1.29 is 4.74 Å². The second-order valence-electron chi connectivity index (χ2n) is 5.40. The highest BCUT2D eigenvalue weighted by molar-refractivity contribution is 6.35. The van der Waals surface area contributed by atoms with Crippen molar-refractivity contribution in [2.45, 2.75) is 26.8 Å². The van der Waals surface area contributed by atoms with Gasteiger partial charge in [0.15, 0.2) is 0 Å². The molecule has 1 N–H and O–H groups in total. The number of pyridine rings is 1. The largest absolute Gasteiger partial charge is 0.383 e. The van der Waals surface area contributed by atoms with Crippen LogP contribution in [0.5, 0.6) is 0 Å². The van der Waals surface area contributed by atoms with Gasteiger partial charge < -0.3 is 10.1 Å². The maximum Gasteiger partial charge on any atom is 0.0752 e. The van der Waals surface area contributed by atoms with Crippen molar-refractivity contribution in [3.8, 4) is 0 Å². The fourth-order valence-corrected chi connectivity index (χ4v) is 2.61. The number of benzene rings is 1. The van der Waals surface area contributed by atoms with Gasteiger partial charge >= 0.3 is 0 Å². The molecule has 0 saturated heterocycles. The highest BCUT2D eigenvalue weighted by atomic mass is 35.5. The van der Waals surface area contributed by atoms with Gasteiger partial charge in [-0.3, -0.25) is 4.98 Å². The summed E-state index contributed by atoms with van der Waals surface area (Å²) in [6.45, 7) is 7.00. The minimum Gasteiger partial charge on any atom is -0.383 e. The number of fused-ring (bicyclic) bond motifs is 1. The van der Waals surface area contributed by atoms with Crippen LogP contribution in [-0.2, 0) is 4.74 Å². The van der Waals surface area contributed by atoms with Crippen molar-refractivity contribution in [1.82, 2.24) is 4.98 Å². The van der Waals surface area contributed by atoms with Gasteiger partial charge in [0, 0.05) is 18.7 Å². The van der Waals surface area contributed by atoms with Gasteiger partial charge in [-0.05, 0) is 36.6 Å². The van der Waals surface area contributed by atoms with Crippen molar-refractivity contribution in [3.63, 3.8) is 0 Å². The molecule has 0 saturated carbocycles. The van der Waals surface area contributed by atoms with E-state index >= 15 is 0 Å². The molecule has 0 fully saturated rings. The zero-order valence-electron chi connectivity index (χ0n) is 12.4. The first-order valence-corrected chi connectivity index (χ1v) is 7.21. The van der Waals surface area contributed by atoms with Gasteiger partial charge in [-0.2, -0.15) is 0 Å². The predicted octanol–water partition coefficient (Wildman–Crippen LogP) is 4.28. The van der Waals surface area contributed by atoms with E-state index in [9.17, 15) is 0 Å². The summed E-state index contributed by atoms with van der Waals surface area (Å²) in [5.41, 5.74) is 3.01. The number of hydrogen-bond acceptors (Lipinski definition) is 3. The third-order valence-electron chi connectivity index (χ3n) is 3.51. The monoisotopic (exact) mass is 292 g/mol. The second kappa shape index (κ2) is 6.42. The summed E-state index contributed by atoms with van der Waals surface area (Å²) in [6.07, 6.45) is 1.81. The Kier molecular flexibility index (Phi) is 4.84. The lowest BCUT2D eigenvalue weighted by atomic mass is 10.0.